The van der Waals surface area contributed by atoms with E-state index in [1.54, 1.807) is 24.3 Å². The van der Waals surface area contributed by atoms with Gasteiger partial charge >= 0.3 is 5.97 Å². The zero-order valence-electron chi connectivity index (χ0n) is 13.9. The summed E-state index contributed by atoms with van der Waals surface area (Å²) in [7, 11) is 0. The van der Waals surface area contributed by atoms with Gasteiger partial charge in [0.1, 0.15) is 0 Å². The second-order valence-corrected chi connectivity index (χ2v) is 6.03. The first-order valence-corrected chi connectivity index (χ1v) is 8.41. The Labute approximate surface area is 141 Å². The molecule has 130 valence electrons. The molecule has 1 aliphatic rings. The van der Waals surface area contributed by atoms with Crippen molar-refractivity contribution in [1.82, 2.24) is 4.90 Å². The van der Waals surface area contributed by atoms with Crippen LogP contribution < -0.4 is 0 Å². The van der Waals surface area contributed by atoms with Crippen LogP contribution in [0.3, 0.4) is 0 Å². The average molecular weight is 333 g/mol. The highest BCUT2D eigenvalue weighted by atomic mass is 17.1. The van der Waals surface area contributed by atoms with Gasteiger partial charge in [-0.3, -0.25) is 14.5 Å². The summed E-state index contributed by atoms with van der Waals surface area (Å²) in [6.45, 7) is 2.07. The summed E-state index contributed by atoms with van der Waals surface area (Å²) in [5.41, 5.74) is 0.931. The molecular weight excluding hydrogens is 310 g/mol. The van der Waals surface area contributed by atoms with E-state index in [-0.39, 0.29) is 24.3 Å². The molecule has 0 aromatic heterocycles. The number of unbranched alkanes of at least 4 members (excludes halogenated alkanes) is 2. The van der Waals surface area contributed by atoms with E-state index in [0.717, 1.165) is 19.3 Å². The largest absolute Gasteiger partial charge is 0.342 e. The Bertz CT molecular complexity index is 578. The van der Waals surface area contributed by atoms with Crippen molar-refractivity contribution in [1.29, 1.82) is 0 Å². The summed E-state index contributed by atoms with van der Waals surface area (Å²) in [6, 6.07) is 6.72. The number of carbonyl (C=O) groups is 3. The molecule has 1 unspecified atom stereocenters. The van der Waals surface area contributed by atoms with Crippen molar-refractivity contribution in [3.8, 4) is 0 Å². The minimum atomic E-state index is -0.666. The van der Waals surface area contributed by atoms with E-state index in [2.05, 4.69) is 11.8 Å². The Balaban J connectivity index is 2.04. The lowest BCUT2D eigenvalue weighted by atomic mass is 10.0. The number of imide groups is 1. The molecule has 1 aromatic rings. The fraction of sp³-hybridized carbons (Fsp3) is 0.500. The second-order valence-electron chi connectivity index (χ2n) is 6.03. The maximum atomic E-state index is 12.6. The average Bonchev–Trinajstić information content (AvgIpc) is 2.86. The molecule has 2 rings (SSSR count). The molecule has 1 aliphatic heterocycles. The van der Waals surface area contributed by atoms with Gasteiger partial charge in [0.2, 0.25) is 0 Å². The summed E-state index contributed by atoms with van der Waals surface area (Å²) >= 11 is 0. The predicted octanol–water partition coefficient (Wildman–Crippen LogP) is 3.42. The van der Waals surface area contributed by atoms with Crippen molar-refractivity contribution in [3.05, 3.63) is 35.4 Å². The lowest BCUT2D eigenvalue weighted by Crippen LogP contribution is -2.39. The summed E-state index contributed by atoms with van der Waals surface area (Å²) in [5.74, 6) is -1.13. The molecule has 6 heteroatoms. The van der Waals surface area contributed by atoms with Gasteiger partial charge in [-0.2, -0.15) is 5.26 Å². The van der Waals surface area contributed by atoms with Gasteiger partial charge in [-0.15, -0.1) is 0 Å². The van der Waals surface area contributed by atoms with Gasteiger partial charge in [0.05, 0.1) is 11.1 Å². The van der Waals surface area contributed by atoms with Crippen LogP contribution in [0.25, 0.3) is 0 Å². The monoisotopic (exact) mass is 333 g/mol. The summed E-state index contributed by atoms with van der Waals surface area (Å²) in [6.07, 6.45) is 4.66. The first-order valence-electron chi connectivity index (χ1n) is 8.41. The molecule has 0 saturated heterocycles. The Morgan fingerprint density at radius 2 is 1.67 bits per heavy atom. The van der Waals surface area contributed by atoms with Gasteiger partial charge in [0.25, 0.3) is 11.8 Å². The minimum absolute atomic E-state index is 0.124. The van der Waals surface area contributed by atoms with Crippen molar-refractivity contribution in [3.63, 3.8) is 0 Å². The van der Waals surface area contributed by atoms with Crippen LogP contribution in [0.15, 0.2) is 24.3 Å². The number of fused-ring (bicyclic) bond motifs is 1. The van der Waals surface area contributed by atoms with E-state index < -0.39 is 5.97 Å². The van der Waals surface area contributed by atoms with Crippen LogP contribution in [-0.2, 0) is 9.68 Å². The molecule has 1 aromatic carbocycles. The van der Waals surface area contributed by atoms with Crippen molar-refractivity contribution in [2.75, 3.05) is 0 Å². The second kappa shape index (κ2) is 8.59. The van der Waals surface area contributed by atoms with Crippen LogP contribution in [0.1, 0.15) is 72.6 Å². The third-order valence-corrected chi connectivity index (χ3v) is 4.35. The molecular formula is C18H23NO5. The van der Waals surface area contributed by atoms with E-state index in [0.29, 0.717) is 30.4 Å². The highest BCUT2D eigenvalue weighted by Gasteiger charge is 2.39. The number of nitrogens with zero attached hydrogens (tertiary/aromatic N) is 1. The van der Waals surface area contributed by atoms with Gasteiger partial charge in [-0.25, -0.2) is 4.79 Å². The normalized spacial score (nSPS) is 14.7. The highest BCUT2D eigenvalue weighted by Crippen LogP contribution is 2.28. The molecule has 1 heterocycles. The lowest BCUT2D eigenvalue weighted by Gasteiger charge is -2.26. The zero-order valence-corrected chi connectivity index (χ0v) is 13.9. The minimum Gasteiger partial charge on any atom is -0.301 e. The summed E-state index contributed by atoms with van der Waals surface area (Å²) in [4.78, 5) is 41.2. The molecule has 0 radical (unpaired) electrons. The standard InChI is InChI=1S/C18H23NO5/c1-2-3-8-13(9-4-7-12-16(20)24-23)19-17(21)14-10-5-6-11-15(14)18(19)22/h5-6,10-11,13,23H,2-4,7-9,12H2,1H3. The Morgan fingerprint density at radius 1 is 1.08 bits per heavy atom. The Hall–Kier alpha value is -2.21. The molecule has 1 N–H and O–H groups in total. The first-order chi connectivity index (χ1) is 11.6. The lowest BCUT2D eigenvalue weighted by molar-refractivity contribution is -0.234. The number of rotatable bonds is 9. The first kappa shape index (κ1) is 18.1. The van der Waals surface area contributed by atoms with E-state index in [1.807, 2.05) is 0 Å². The molecule has 0 fully saturated rings. The van der Waals surface area contributed by atoms with Gasteiger partial charge in [0, 0.05) is 12.5 Å². The van der Waals surface area contributed by atoms with E-state index >= 15 is 0 Å². The van der Waals surface area contributed by atoms with Crippen LogP contribution in [0, 0.1) is 0 Å². The van der Waals surface area contributed by atoms with Gasteiger partial charge < -0.3 is 4.89 Å². The number of amides is 2. The number of benzene rings is 1. The smallest absolute Gasteiger partial charge is 0.301 e. The molecule has 6 nitrogen and oxygen atoms in total. The maximum absolute atomic E-state index is 12.6. The van der Waals surface area contributed by atoms with Crippen LogP contribution in [0.4, 0.5) is 0 Å². The molecule has 0 saturated carbocycles. The summed E-state index contributed by atoms with van der Waals surface area (Å²) in [5, 5.41) is 8.25. The van der Waals surface area contributed by atoms with Gasteiger partial charge in [-0.05, 0) is 31.4 Å². The molecule has 0 aliphatic carbocycles. The van der Waals surface area contributed by atoms with Crippen molar-refractivity contribution >= 4 is 17.8 Å². The number of hydrogen-bond acceptors (Lipinski definition) is 5. The van der Waals surface area contributed by atoms with Crippen molar-refractivity contribution in [2.24, 2.45) is 0 Å². The third-order valence-electron chi connectivity index (χ3n) is 4.35. The van der Waals surface area contributed by atoms with Crippen LogP contribution in [0.5, 0.6) is 0 Å². The Morgan fingerprint density at radius 3 is 2.21 bits per heavy atom. The molecule has 0 bridgehead atoms. The number of carbonyl (C=O) groups excluding carboxylic acids is 3. The SMILES string of the molecule is CCCCC(CCCCC(=O)OO)N1C(=O)c2ccccc2C1=O. The predicted molar refractivity (Wildman–Crippen MR) is 87.4 cm³/mol. The van der Waals surface area contributed by atoms with Gasteiger partial charge in [0.15, 0.2) is 0 Å². The quantitative estimate of drug-likeness (QED) is 0.324. The highest BCUT2D eigenvalue weighted by molar-refractivity contribution is 6.21. The van der Waals surface area contributed by atoms with Crippen LogP contribution in [0.2, 0.25) is 0 Å². The Kier molecular flexibility index (Phi) is 6.49. The molecule has 2 amide bonds. The maximum Gasteiger partial charge on any atom is 0.342 e. The molecule has 24 heavy (non-hydrogen) atoms. The van der Waals surface area contributed by atoms with E-state index in [1.165, 1.54) is 4.90 Å². The topological polar surface area (TPSA) is 83.9 Å². The van der Waals surface area contributed by atoms with Crippen LogP contribution >= 0.6 is 0 Å². The fourth-order valence-corrected chi connectivity index (χ4v) is 3.08. The fourth-order valence-electron chi connectivity index (χ4n) is 3.08. The summed E-state index contributed by atoms with van der Waals surface area (Å²) < 4.78 is 0. The zero-order chi connectivity index (χ0) is 17.5. The van der Waals surface area contributed by atoms with Crippen molar-refractivity contribution in [2.45, 2.75) is 57.9 Å². The van der Waals surface area contributed by atoms with Gasteiger partial charge in [-0.1, -0.05) is 38.3 Å². The van der Waals surface area contributed by atoms with E-state index in [4.69, 9.17) is 5.26 Å². The molecule has 1 atom stereocenters. The third kappa shape index (κ3) is 4.00. The van der Waals surface area contributed by atoms with Crippen LogP contribution in [-0.4, -0.2) is 34.0 Å². The van der Waals surface area contributed by atoms with Crippen molar-refractivity contribution < 1.29 is 24.5 Å². The number of hydrogen-bond donors (Lipinski definition) is 1. The molecule has 0 spiro atoms. The van der Waals surface area contributed by atoms with E-state index in [9.17, 15) is 14.4 Å².